The molecule has 0 aromatic carbocycles. The number of rotatable bonds is 3. The van der Waals surface area contributed by atoms with E-state index in [0.717, 1.165) is 0 Å². The van der Waals surface area contributed by atoms with Gasteiger partial charge in [-0.1, -0.05) is 0 Å². The fourth-order valence-electron chi connectivity index (χ4n) is 0.670. The summed E-state index contributed by atoms with van der Waals surface area (Å²) in [4.78, 5) is 4.22. The third-order valence-electron chi connectivity index (χ3n) is 0.933. The first-order chi connectivity index (χ1) is 4.95. The van der Waals surface area contributed by atoms with Crippen LogP contribution in [0.1, 0.15) is 27.7 Å². The van der Waals surface area contributed by atoms with Gasteiger partial charge in [-0.25, -0.2) is 0 Å². The topological polar surface area (TPSA) is 47.6 Å². The summed E-state index contributed by atoms with van der Waals surface area (Å²) in [6, 6.07) is 0. The Morgan fingerprint density at radius 1 is 1.45 bits per heavy atom. The largest absolute Gasteiger partial charge is 0.386 e. The van der Waals surface area contributed by atoms with Crippen LogP contribution in [-0.2, 0) is 4.74 Å². The summed E-state index contributed by atoms with van der Waals surface area (Å²) in [5.74, 6) is 0.569. The molecule has 0 aromatic rings. The number of amidine groups is 1. The number of nitrogens with two attached hydrogens (primary N) is 1. The Bertz CT molecular complexity index is 136. The molecule has 66 valence electrons. The van der Waals surface area contributed by atoms with Crippen LogP contribution >= 0.6 is 0 Å². The molecule has 0 radical (unpaired) electrons. The zero-order valence-corrected chi connectivity index (χ0v) is 7.85. The van der Waals surface area contributed by atoms with Gasteiger partial charge in [0.05, 0.1) is 5.54 Å². The highest BCUT2D eigenvalue weighted by Crippen LogP contribution is 2.05. The van der Waals surface area contributed by atoms with Gasteiger partial charge in [-0.05, 0) is 27.7 Å². The van der Waals surface area contributed by atoms with Gasteiger partial charge >= 0.3 is 0 Å². The zero-order chi connectivity index (χ0) is 8.91. The number of ether oxygens (including phenoxy) is 1. The average Bonchev–Trinajstić information content (AvgIpc) is 1.79. The fraction of sp³-hybridized carbons (Fsp3) is 0.875. The van der Waals surface area contributed by atoms with Gasteiger partial charge in [0, 0.05) is 6.61 Å². The molecule has 0 aliphatic carbocycles. The quantitative estimate of drug-likeness (QED) is 0.495. The van der Waals surface area contributed by atoms with Crippen molar-refractivity contribution in [3.05, 3.63) is 0 Å². The van der Waals surface area contributed by atoms with Gasteiger partial charge in [0.25, 0.3) is 0 Å². The van der Waals surface area contributed by atoms with Crippen LogP contribution in [0.4, 0.5) is 0 Å². The van der Waals surface area contributed by atoms with Gasteiger partial charge in [0.2, 0.25) is 0 Å². The van der Waals surface area contributed by atoms with E-state index in [1.807, 2.05) is 27.7 Å². The summed E-state index contributed by atoms with van der Waals surface area (Å²) in [6.45, 7) is 9.07. The van der Waals surface area contributed by atoms with E-state index < -0.39 is 0 Å². The summed E-state index contributed by atoms with van der Waals surface area (Å²) in [6.07, 6.45) is 0. The third kappa shape index (κ3) is 7.33. The molecule has 0 heterocycles. The maximum absolute atomic E-state index is 5.57. The molecule has 0 unspecified atom stereocenters. The van der Waals surface area contributed by atoms with Crippen LogP contribution in [0.5, 0.6) is 0 Å². The first-order valence-electron chi connectivity index (χ1n) is 3.87. The predicted molar refractivity (Wildman–Crippen MR) is 47.9 cm³/mol. The molecule has 0 spiro atoms. The van der Waals surface area contributed by atoms with Crippen LogP contribution < -0.4 is 5.73 Å². The van der Waals surface area contributed by atoms with Crippen molar-refractivity contribution in [2.24, 2.45) is 10.7 Å². The molecule has 0 aliphatic rings. The Labute approximate surface area is 68.6 Å². The predicted octanol–water partition coefficient (Wildman–Crippen LogP) is 1.18. The molecule has 3 nitrogen and oxygen atoms in total. The van der Waals surface area contributed by atoms with Gasteiger partial charge < -0.3 is 10.5 Å². The second-order valence-corrected chi connectivity index (χ2v) is 3.41. The smallest absolute Gasteiger partial charge is 0.120 e. The fourth-order valence-corrected chi connectivity index (χ4v) is 0.670. The summed E-state index contributed by atoms with van der Waals surface area (Å²) in [5.41, 5.74) is 5.47. The van der Waals surface area contributed by atoms with Crippen molar-refractivity contribution >= 4 is 5.84 Å². The Kier molecular flexibility index (Phi) is 4.11. The van der Waals surface area contributed by atoms with Crippen LogP contribution in [0.2, 0.25) is 0 Å². The van der Waals surface area contributed by atoms with Crippen molar-refractivity contribution in [1.29, 1.82) is 0 Å². The molecular formula is C8H18N2O. The highest BCUT2D eigenvalue weighted by molar-refractivity contribution is 5.81. The number of aliphatic imine (C=N–C) groups is 1. The molecule has 0 fully saturated rings. The van der Waals surface area contributed by atoms with Gasteiger partial charge in [-0.3, -0.25) is 4.99 Å². The van der Waals surface area contributed by atoms with Gasteiger partial charge in [-0.2, -0.15) is 0 Å². The monoisotopic (exact) mass is 158 g/mol. The molecule has 0 amide bonds. The van der Waals surface area contributed by atoms with E-state index in [-0.39, 0.29) is 5.54 Å². The molecular weight excluding hydrogens is 140 g/mol. The molecule has 0 aromatic heterocycles. The molecule has 0 atom stereocenters. The van der Waals surface area contributed by atoms with Crippen LogP contribution in [0.25, 0.3) is 0 Å². The van der Waals surface area contributed by atoms with E-state index >= 15 is 0 Å². The number of nitrogens with zero attached hydrogens (tertiary/aromatic N) is 1. The second kappa shape index (κ2) is 4.34. The summed E-state index contributed by atoms with van der Waals surface area (Å²) < 4.78 is 5.09. The maximum Gasteiger partial charge on any atom is 0.120 e. The van der Waals surface area contributed by atoms with Crippen molar-refractivity contribution in [2.75, 3.05) is 13.2 Å². The van der Waals surface area contributed by atoms with E-state index in [1.54, 1.807) is 0 Å². The molecule has 3 heteroatoms. The van der Waals surface area contributed by atoms with Crippen LogP contribution in [0.3, 0.4) is 0 Å². The van der Waals surface area contributed by atoms with Crippen LogP contribution in [0.15, 0.2) is 4.99 Å². The molecule has 11 heavy (non-hydrogen) atoms. The minimum atomic E-state index is -0.0960. The highest BCUT2D eigenvalue weighted by Gasteiger charge is 2.07. The Hall–Kier alpha value is -0.570. The van der Waals surface area contributed by atoms with Crippen LogP contribution in [0, 0.1) is 0 Å². The lowest BCUT2D eigenvalue weighted by molar-refractivity contribution is 0.186. The van der Waals surface area contributed by atoms with Crippen molar-refractivity contribution in [3.63, 3.8) is 0 Å². The van der Waals surface area contributed by atoms with Gasteiger partial charge in [0.1, 0.15) is 12.4 Å². The first kappa shape index (κ1) is 10.4. The highest BCUT2D eigenvalue weighted by atomic mass is 16.5. The Balaban J connectivity index is 3.81. The van der Waals surface area contributed by atoms with E-state index in [1.165, 1.54) is 0 Å². The molecule has 0 rings (SSSR count). The molecule has 0 saturated carbocycles. The van der Waals surface area contributed by atoms with Crippen LogP contribution in [-0.4, -0.2) is 24.6 Å². The molecule has 0 aliphatic heterocycles. The van der Waals surface area contributed by atoms with E-state index in [4.69, 9.17) is 10.5 Å². The minimum Gasteiger partial charge on any atom is -0.386 e. The lowest BCUT2D eigenvalue weighted by Gasteiger charge is -2.13. The van der Waals surface area contributed by atoms with E-state index in [0.29, 0.717) is 19.0 Å². The van der Waals surface area contributed by atoms with Gasteiger partial charge in [0.15, 0.2) is 0 Å². The van der Waals surface area contributed by atoms with Crippen molar-refractivity contribution in [2.45, 2.75) is 33.2 Å². The van der Waals surface area contributed by atoms with Crippen molar-refractivity contribution < 1.29 is 4.74 Å². The number of hydrogen-bond acceptors (Lipinski definition) is 2. The second-order valence-electron chi connectivity index (χ2n) is 3.41. The standard InChI is InChI=1S/C8H18N2O/c1-5-11-6-7(9)10-8(2,3)4/h5-6H2,1-4H3,(H2,9,10). The zero-order valence-electron chi connectivity index (χ0n) is 7.85. The third-order valence-corrected chi connectivity index (χ3v) is 0.933. The van der Waals surface area contributed by atoms with Gasteiger partial charge in [-0.15, -0.1) is 0 Å². The Morgan fingerprint density at radius 2 is 2.00 bits per heavy atom. The Morgan fingerprint density at radius 3 is 2.36 bits per heavy atom. The normalized spacial score (nSPS) is 13.6. The molecule has 0 bridgehead atoms. The van der Waals surface area contributed by atoms with Crippen molar-refractivity contribution in [1.82, 2.24) is 0 Å². The summed E-state index contributed by atoms with van der Waals surface area (Å²) >= 11 is 0. The maximum atomic E-state index is 5.57. The van der Waals surface area contributed by atoms with Crippen molar-refractivity contribution in [3.8, 4) is 0 Å². The summed E-state index contributed by atoms with van der Waals surface area (Å²) in [5, 5.41) is 0. The molecule has 0 saturated heterocycles. The average molecular weight is 158 g/mol. The number of hydrogen-bond donors (Lipinski definition) is 1. The lowest BCUT2D eigenvalue weighted by Crippen LogP contribution is -2.24. The van der Waals surface area contributed by atoms with E-state index in [2.05, 4.69) is 4.99 Å². The minimum absolute atomic E-state index is 0.0960. The summed E-state index contributed by atoms with van der Waals surface area (Å²) in [7, 11) is 0. The van der Waals surface area contributed by atoms with E-state index in [9.17, 15) is 0 Å². The SMILES string of the molecule is CCOCC(N)=NC(C)(C)C. The molecule has 2 N–H and O–H groups in total. The lowest BCUT2D eigenvalue weighted by atomic mass is 10.1. The first-order valence-corrected chi connectivity index (χ1v) is 3.87.